The van der Waals surface area contributed by atoms with Crippen molar-refractivity contribution in [2.24, 2.45) is 0 Å². The van der Waals surface area contributed by atoms with E-state index in [-0.39, 0.29) is 6.61 Å². The molecular weight excluding hydrogens is 244 g/mol. The van der Waals surface area contributed by atoms with Gasteiger partial charge in [0.15, 0.2) is 6.04 Å². The zero-order valence-electron chi connectivity index (χ0n) is 9.56. The number of ether oxygens (including phenoxy) is 1. The molecule has 7 heteroatoms. The van der Waals surface area contributed by atoms with E-state index in [1.54, 1.807) is 0 Å². The Labute approximate surface area is 104 Å². The molecule has 17 heavy (non-hydrogen) atoms. The third-order valence-corrected chi connectivity index (χ3v) is 2.52. The highest BCUT2D eigenvalue weighted by atomic mass is 32.2. The molecule has 0 spiro atoms. The minimum absolute atomic E-state index is 0.0748. The van der Waals surface area contributed by atoms with E-state index < -0.39 is 18.0 Å². The number of terminal acetylenes is 1. The Balaban J connectivity index is 3.75. The van der Waals surface area contributed by atoms with E-state index in [9.17, 15) is 9.59 Å². The summed E-state index contributed by atoms with van der Waals surface area (Å²) in [5.74, 6) is 2.59. The highest BCUT2D eigenvalue weighted by molar-refractivity contribution is 7.99. The second kappa shape index (κ2) is 9.81. The monoisotopic (exact) mass is 260 g/mol. The molecule has 0 aliphatic carbocycles. The van der Waals surface area contributed by atoms with Crippen LogP contribution in [0.15, 0.2) is 0 Å². The van der Waals surface area contributed by atoms with Gasteiger partial charge in [0.1, 0.15) is 0 Å². The maximum absolute atomic E-state index is 11.3. The van der Waals surface area contributed by atoms with Gasteiger partial charge >= 0.3 is 12.0 Å². The van der Waals surface area contributed by atoms with Crippen molar-refractivity contribution in [3.05, 3.63) is 0 Å². The number of carbonyl (C=O) groups is 2. The van der Waals surface area contributed by atoms with E-state index >= 15 is 0 Å². The first-order valence-corrected chi connectivity index (χ1v) is 6.04. The molecule has 0 aromatic rings. The van der Waals surface area contributed by atoms with Gasteiger partial charge in [-0.05, 0) is 0 Å². The minimum atomic E-state index is -1.14. The number of nitrogens with one attached hydrogen (secondary N) is 2. The molecule has 1 atom stereocenters. The van der Waals surface area contributed by atoms with Gasteiger partial charge in [-0.2, -0.15) is 0 Å². The lowest BCUT2D eigenvalue weighted by Gasteiger charge is -2.13. The van der Waals surface area contributed by atoms with E-state index in [1.807, 2.05) is 0 Å². The van der Waals surface area contributed by atoms with Crippen LogP contribution in [0.2, 0.25) is 0 Å². The van der Waals surface area contributed by atoms with E-state index in [0.29, 0.717) is 18.1 Å². The zero-order chi connectivity index (χ0) is 13.1. The van der Waals surface area contributed by atoms with Gasteiger partial charge < -0.3 is 20.5 Å². The standard InChI is InChI=1S/C10H16N2O4S/c1-3-5-17-6-4-11-10(15)12-8(7-16-2)9(13)14/h1,8H,4-7H2,2H3,(H,13,14)(H2,11,12,15). The molecule has 3 N–H and O–H groups in total. The molecule has 0 aromatic heterocycles. The fourth-order valence-corrected chi connectivity index (χ4v) is 1.43. The molecule has 0 heterocycles. The summed E-state index contributed by atoms with van der Waals surface area (Å²) in [6.07, 6.45) is 5.05. The number of carboxylic acid groups (broad SMARTS) is 1. The van der Waals surface area contributed by atoms with Crippen molar-refractivity contribution in [3.8, 4) is 12.3 Å². The number of methoxy groups -OCH3 is 1. The molecule has 1 unspecified atom stereocenters. The van der Waals surface area contributed by atoms with Crippen LogP contribution >= 0.6 is 11.8 Å². The minimum Gasteiger partial charge on any atom is -0.480 e. The molecule has 2 amide bonds. The molecule has 0 saturated heterocycles. The fourth-order valence-electron chi connectivity index (χ4n) is 0.918. The van der Waals surface area contributed by atoms with Gasteiger partial charge in [-0.25, -0.2) is 9.59 Å². The summed E-state index contributed by atoms with van der Waals surface area (Å²) in [5, 5.41) is 13.6. The molecule has 0 aromatic carbocycles. The maximum atomic E-state index is 11.3. The summed E-state index contributed by atoms with van der Waals surface area (Å²) < 4.78 is 4.67. The molecule has 0 radical (unpaired) electrons. The predicted molar refractivity (Wildman–Crippen MR) is 66.0 cm³/mol. The fraction of sp³-hybridized carbons (Fsp3) is 0.600. The number of carbonyl (C=O) groups excluding carboxylic acids is 1. The van der Waals surface area contributed by atoms with Gasteiger partial charge in [0.2, 0.25) is 0 Å². The first-order valence-electron chi connectivity index (χ1n) is 4.89. The van der Waals surface area contributed by atoms with E-state index in [4.69, 9.17) is 11.5 Å². The van der Waals surface area contributed by atoms with Crippen molar-refractivity contribution in [1.82, 2.24) is 10.6 Å². The number of thioether (sulfide) groups is 1. The van der Waals surface area contributed by atoms with Gasteiger partial charge in [-0.3, -0.25) is 0 Å². The third kappa shape index (κ3) is 8.42. The molecule has 96 valence electrons. The maximum Gasteiger partial charge on any atom is 0.328 e. The van der Waals surface area contributed by atoms with E-state index in [0.717, 1.165) is 0 Å². The third-order valence-electron chi connectivity index (χ3n) is 1.65. The SMILES string of the molecule is C#CCSCCNC(=O)NC(COC)C(=O)O. The van der Waals surface area contributed by atoms with Crippen molar-refractivity contribution < 1.29 is 19.4 Å². The summed E-state index contributed by atoms with van der Waals surface area (Å²) in [7, 11) is 1.37. The zero-order valence-corrected chi connectivity index (χ0v) is 10.4. The summed E-state index contributed by atoms with van der Waals surface area (Å²) in [5.41, 5.74) is 0. The van der Waals surface area contributed by atoms with Gasteiger partial charge in [0.05, 0.1) is 12.4 Å². The Morgan fingerprint density at radius 2 is 2.29 bits per heavy atom. The van der Waals surface area contributed by atoms with Gasteiger partial charge in [0.25, 0.3) is 0 Å². The highest BCUT2D eigenvalue weighted by Crippen LogP contribution is 1.95. The number of hydrogen-bond donors (Lipinski definition) is 3. The summed E-state index contributed by atoms with van der Waals surface area (Å²) >= 11 is 1.51. The quantitative estimate of drug-likeness (QED) is 0.414. The van der Waals surface area contributed by atoms with Crippen LogP contribution in [0.1, 0.15) is 0 Å². The average Bonchev–Trinajstić information content (AvgIpc) is 2.28. The Bertz CT molecular complexity index is 291. The Morgan fingerprint density at radius 1 is 1.59 bits per heavy atom. The Kier molecular flexibility index (Phi) is 9.01. The van der Waals surface area contributed by atoms with Crippen molar-refractivity contribution in [1.29, 1.82) is 0 Å². The lowest BCUT2D eigenvalue weighted by molar-refractivity contribution is -0.140. The predicted octanol–water partition coefficient (Wildman–Crippen LogP) is -0.248. The van der Waals surface area contributed by atoms with Crippen molar-refractivity contribution >= 4 is 23.8 Å². The molecular formula is C10H16N2O4S. The molecule has 0 aliphatic heterocycles. The van der Waals surface area contributed by atoms with Crippen LogP contribution in [-0.4, -0.2) is 54.9 Å². The van der Waals surface area contributed by atoms with Crippen LogP contribution in [-0.2, 0) is 9.53 Å². The molecule has 6 nitrogen and oxygen atoms in total. The number of carboxylic acids is 1. The van der Waals surface area contributed by atoms with Crippen LogP contribution in [0.5, 0.6) is 0 Å². The smallest absolute Gasteiger partial charge is 0.328 e. The second-order valence-electron chi connectivity index (χ2n) is 3.00. The van der Waals surface area contributed by atoms with Crippen LogP contribution in [0.25, 0.3) is 0 Å². The highest BCUT2D eigenvalue weighted by Gasteiger charge is 2.18. The van der Waals surface area contributed by atoms with E-state index in [1.165, 1.54) is 18.9 Å². The Hall–Kier alpha value is -1.39. The van der Waals surface area contributed by atoms with Crippen LogP contribution in [0.3, 0.4) is 0 Å². The number of hydrogen-bond acceptors (Lipinski definition) is 4. The van der Waals surface area contributed by atoms with Crippen molar-refractivity contribution in [3.63, 3.8) is 0 Å². The second-order valence-corrected chi connectivity index (χ2v) is 4.11. The lowest BCUT2D eigenvalue weighted by Crippen LogP contribution is -2.48. The van der Waals surface area contributed by atoms with E-state index in [2.05, 4.69) is 21.3 Å². The van der Waals surface area contributed by atoms with Gasteiger partial charge in [-0.1, -0.05) is 5.92 Å². The molecule has 0 rings (SSSR count). The molecule has 0 bridgehead atoms. The average molecular weight is 260 g/mol. The number of urea groups is 1. The largest absolute Gasteiger partial charge is 0.480 e. The van der Waals surface area contributed by atoms with Crippen LogP contribution in [0.4, 0.5) is 4.79 Å². The van der Waals surface area contributed by atoms with Gasteiger partial charge in [-0.15, -0.1) is 18.2 Å². The summed E-state index contributed by atoms with van der Waals surface area (Å²) in [6, 6.07) is -1.57. The Morgan fingerprint density at radius 3 is 2.82 bits per heavy atom. The molecule has 0 saturated carbocycles. The number of amides is 2. The summed E-state index contributed by atoms with van der Waals surface area (Å²) in [6.45, 7) is 0.353. The summed E-state index contributed by atoms with van der Waals surface area (Å²) in [4.78, 5) is 22.0. The lowest BCUT2D eigenvalue weighted by atomic mass is 10.3. The molecule has 0 aliphatic rings. The number of rotatable bonds is 8. The van der Waals surface area contributed by atoms with Crippen LogP contribution in [0, 0.1) is 12.3 Å². The molecule has 0 fully saturated rings. The normalized spacial score (nSPS) is 11.3. The van der Waals surface area contributed by atoms with Crippen molar-refractivity contribution in [2.75, 3.05) is 31.8 Å². The van der Waals surface area contributed by atoms with Crippen molar-refractivity contribution in [2.45, 2.75) is 6.04 Å². The number of aliphatic carboxylic acids is 1. The topological polar surface area (TPSA) is 87.7 Å². The van der Waals surface area contributed by atoms with Crippen LogP contribution < -0.4 is 10.6 Å². The first kappa shape index (κ1) is 15.6. The first-order chi connectivity index (χ1) is 8.11. The van der Waals surface area contributed by atoms with Gasteiger partial charge in [0, 0.05) is 19.4 Å².